The van der Waals surface area contributed by atoms with Crippen molar-refractivity contribution in [2.75, 3.05) is 31.1 Å². The lowest BCUT2D eigenvalue weighted by atomic mass is 10.2. The maximum absolute atomic E-state index is 13.3. The Labute approximate surface area is 153 Å². The van der Waals surface area contributed by atoms with E-state index >= 15 is 0 Å². The van der Waals surface area contributed by atoms with Crippen LogP contribution in [0.15, 0.2) is 42.5 Å². The zero-order valence-electron chi connectivity index (χ0n) is 13.3. The number of piperazine rings is 1. The van der Waals surface area contributed by atoms with Gasteiger partial charge in [0.05, 0.1) is 10.2 Å². The van der Waals surface area contributed by atoms with E-state index in [0.717, 1.165) is 15.3 Å². The van der Waals surface area contributed by atoms with Crippen LogP contribution in [0.4, 0.5) is 9.52 Å². The molecule has 1 amide bonds. The van der Waals surface area contributed by atoms with Gasteiger partial charge in [-0.2, -0.15) is 0 Å². The SMILES string of the molecule is O=C(c1cccc(Cl)c1)N1CCN(c2nc3ccc(F)cc3s2)CC1. The van der Waals surface area contributed by atoms with Gasteiger partial charge < -0.3 is 9.80 Å². The summed E-state index contributed by atoms with van der Waals surface area (Å²) < 4.78 is 14.2. The number of aromatic nitrogens is 1. The minimum atomic E-state index is -0.250. The molecule has 0 unspecified atom stereocenters. The van der Waals surface area contributed by atoms with Crippen LogP contribution in [0.25, 0.3) is 10.2 Å². The Bertz CT molecular complexity index is 937. The van der Waals surface area contributed by atoms with E-state index < -0.39 is 0 Å². The van der Waals surface area contributed by atoms with E-state index in [2.05, 4.69) is 9.88 Å². The number of thiazole rings is 1. The minimum Gasteiger partial charge on any atom is -0.345 e. The summed E-state index contributed by atoms with van der Waals surface area (Å²) in [5.41, 5.74) is 1.41. The summed E-state index contributed by atoms with van der Waals surface area (Å²) in [4.78, 5) is 21.1. The Morgan fingerprint density at radius 2 is 1.92 bits per heavy atom. The molecule has 1 fully saturated rings. The molecule has 0 bridgehead atoms. The molecule has 3 aromatic rings. The molecule has 1 aromatic heterocycles. The van der Waals surface area contributed by atoms with Gasteiger partial charge in [-0.25, -0.2) is 9.37 Å². The quantitative estimate of drug-likeness (QED) is 0.678. The summed E-state index contributed by atoms with van der Waals surface area (Å²) >= 11 is 7.45. The van der Waals surface area contributed by atoms with Crippen molar-refractivity contribution in [1.82, 2.24) is 9.88 Å². The monoisotopic (exact) mass is 375 g/mol. The third-order valence-electron chi connectivity index (χ3n) is 4.25. The molecule has 4 rings (SSSR count). The van der Waals surface area contributed by atoms with Gasteiger partial charge in [-0.15, -0.1) is 0 Å². The van der Waals surface area contributed by atoms with E-state index in [4.69, 9.17) is 11.6 Å². The summed E-state index contributed by atoms with van der Waals surface area (Å²) in [6, 6.07) is 11.6. The number of amides is 1. The second-order valence-electron chi connectivity index (χ2n) is 5.90. The third-order valence-corrected chi connectivity index (χ3v) is 5.56. The molecule has 1 saturated heterocycles. The van der Waals surface area contributed by atoms with Gasteiger partial charge in [0.1, 0.15) is 5.82 Å². The molecule has 25 heavy (non-hydrogen) atoms. The number of benzene rings is 2. The maximum atomic E-state index is 13.3. The second-order valence-corrected chi connectivity index (χ2v) is 7.34. The molecule has 0 radical (unpaired) electrons. The molecular weight excluding hydrogens is 361 g/mol. The van der Waals surface area contributed by atoms with Crippen molar-refractivity contribution in [2.24, 2.45) is 0 Å². The highest BCUT2D eigenvalue weighted by atomic mass is 35.5. The van der Waals surface area contributed by atoms with Crippen molar-refractivity contribution in [1.29, 1.82) is 0 Å². The highest BCUT2D eigenvalue weighted by Crippen LogP contribution is 2.30. The first-order chi connectivity index (χ1) is 12.1. The number of hydrogen-bond acceptors (Lipinski definition) is 4. The molecule has 4 nitrogen and oxygen atoms in total. The number of rotatable bonds is 2. The van der Waals surface area contributed by atoms with Gasteiger partial charge in [-0.05, 0) is 36.4 Å². The molecule has 0 saturated carbocycles. The van der Waals surface area contributed by atoms with Gasteiger partial charge in [-0.1, -0.05) is 29.0 Å². The Morgan fingerprint density at radius 3 is 2.68 bits per heavy atom. The fraction of sp³-hybridized carbons (Fsp3) is 0.222. The lowest BCUT2D eigenvalue weighted by molar-refractivity contribution is 0.0747. The topological polar surface area (TPSA) is 36.4 Å². The third kappa shape index (κ3) is 3.32. The summed E-state index contributed by atoms with van der Waals surface area (Å²) in [5.74, 6) is -0.256. The van der Waals surface area contributed by atoms with Crippen molar-refractivity contribution >= 4 is 44.2 Å². The summed E-state index contributed by atoms with van der Waals surface area (Å²) in [7, 11) is 0. The summed E-state index contributed by atoms with van der Waals surface area (Å²) in [6.07, 6.45) is 0. The summed E-state index contributed by atoms with van der Waals surface area (Å²) in [6.45, 7) is 2.65. The summed E-state index contributed by atoms with van der Waals surface area (Å²) in [5, 5.41) is 1.43. The first kappa shape index (κ1) is 16.3. The molecule has 2 heterocycles. The molecule has 128 valence electrons. The number of hydrogen-bond donors (Lipinski definition) is 0. The van der Waals surface area contributed by atoms with Crippen LogP contribution in [0.3, 0.4) is 0 Å². The van der Waals surface area contributed by atoms with Crippen LogP contribution < -0.4 is 4.90 Å². The molecule has 0 atom stereocenters. The lowest BCUT2D eigenvalue weighted by Gasteiger charge is -2.34. The van der Waals surface area contributed by atoms with Crippen LogP contribution in [-0.2, 0) is 0 Å². The van der Waals surface area contributed by atoms with E-state index in [-0.39, 0.29) is 11.7 Å². The van der Waals surface area contributed by atoms with E-state index in [1.54, 1.807) is 30.3 Å². The van der Waals surface area contributed by atoms with Crippen LogP contribution >= 0.6 is 22.9 Å². The van der Waals surface area contributed by atoms with Gasteiger partial charge in [0.15, 0.2) is 5.13 Å². The number of carbonyl (C=O) groups is 1. The first-order valence-electron chi connectivity index (χ1n) is 7.96. The van der Waals surface area contributed by atoms with Gasteiger partial charge in [0, 0.05) is 36.8 Å². The molecule has 0 spiro atoms. The van der Waals surface area contributed by atoms with Crippen LogP contribution in [-0.4, -0.2) is 42.0 Å². The molecular formula is C18H15ClFN3OS. The second kappa shape index (κ2) is 6.61. The molecule has 2 aromatic carbocycles. The van der Waals surface area contributed by atoms with Gasteiger partial charge in [0.25, 0.3) is 5.91 Å². The average Bonchev–Trinajstić information content (AvgIpc) is 3.04. The standard InChI is InChI=1S/C18H15ClFN3OS/c19-13-3-1-2-12(10-13)17(24)22-6-8-23(9-7-22)18-21-15-5-4-14(20)11-16(15)25-18/h1-5,10-11H,6-9H2. The Balaban J connectivity index is 1.46. The van der Waals surface area contributed by atoms with E-state index in [0.29, 0.717) is 36.8 Å². The van der Waals surface area contributed by atoms with Crippen molar-refractivity contribution in [3.63, 3.8) is 0 Å². The normalized spacial score (nSPS) is 15.0. The lowest BCUT2D eigenvalue weighted by Crippen LogP contribution is -2.48. The zero-order valence-corrected chi connectivity index (χ0v) is 14.9. The number of halogens is 2. The smallest absolute Gasteiger partial charge is 0.254 e. The maximum Gasteiger partial charge on any atom is 0.254 e. The molecule has 7 heteroatoms. The van der Waals surface area contributed by atoms with E-state index in [1.807, 2.05) is 4.90 Å². The predicted molar refractivity (Wildman–Crippen MR) is 99.1 cm³/mol. The largest absolute Gasteiger partial charge is 0.345 e. The number of carbonyl (C=O) groups excluding carboxylic acids is 1. The minimum absolute atomic E-state index is 0.00600. The van der Waals surface area contributed by atoms with Gasteiger partial charge in [-0.3, -0.25) is 4.79 Å². The molecule has 1 aliphatic heterocycles. The van der Waals surface area contributed by atoms with Crippen LogP contribution in [0.2, 0.25) is 5.02 Å². The van der Waals surface area contributed by atoms with E-state index in [1.165, 1.54) is 23.5 Å². The number of anilines is 1. The van der Waals surface area contributed by atoms with Crippen molar-refractivity contribution in [2.45, 2.75) is 0 Å². The Kier molecular flexibility index (Phi) is 4.31. The van der Waals surface area contributed by atoms with E-state index in [9.17, 15) is 9.18 Å². The molecule has 0 N–H and O–H groups in total. The zero-order chi connectivity index (χ0) is 17.4. The van der Waals surface area contributed by atoms with Crippen LogP contribution in [0.1, 0.15) is 10.4 Å². The predicted octanol–water partition coefficient (Wildman–Crippen LogP) is 4.05. The Morgan fingerprint density at radius 1 is 1.12 bits per heavy atom. The fourth-order valence-electron chi connectivity index (χ4n) is 2.93. The van der Waals surface area contributed by atoms with Crippen molar-refractivity contribution in [3.05, 3.63) is 58.9 Å². The fourth-order valence-corrected chi connectivity index (χ4v) is 4.16. The van der Waals surface area contributed by atoms with Crippen LogP contribution in [0.5, 0.6) is 0 Å². The first-order valence-corrected chi connectivity index (χ1v) is 9.15. The highest BCUT2D eigenvalue weighted by Gasteiger charge is 2.24. The molecule has 0 aliphatic carbocycles. The highest BCUT2D eigenvalue weighted by molar-refractivity contribution is 7.22. The number of nitrogens with zero attached hydrogens (tertiary/aromatic N) is 3. The molecule has 1 aliphatic rings. The van der Waals surface area contributed by atoms with Crippen molar-refractivity contribution < 1.29 is 9.18 Å². The van der Waals surface area contributed by atoms with Crippen molar-refractivity contribution in [3.8, 4) is 0 Å². The van der Waals surface area contributed by atoms with Gasteiger partial charge in [0.2, 0.25) is 0 Å². The van der Waals surface area contributed by atoms with Gasteiger partial charge >= 0.3 is 0 Å². The van der Waals surface area contributed by atoms with Crippen LogP contribution in [0, 0.1) is 5.82 Å². The number of fused-ring (bicyclic) bond motifs is 1. The Hall–Kier alpha value is -2.18. The average molecular weight is 376 g/mol.